The van der Waals surface area contributed by atoms with Gasteiger partial charge in [0.1, 0.15) is 18.2 Å². The van der Waals surface area contributed by atoms with E-state index in [0.29, 0.717) is 34.5 Å². The second-order valence-electron chi connectivity index (χ2n) is 10.9. The molecule has 1 amide bonds. The third-order valence-corrected chi connectivity index (χ3v) is 8.61. The van der Waals surface area contributed by atoms with E-state index in [0.717, 1.165) is 38.5 Å². The summed E-state index contributed by atoms with van der Waals surface area (Å²) in [5.74, 6) is 0.509. The van der Waals surface area contributed by atoms with Crippen molar-refractivity contribution in [2.24, 2.45) is 17.3 Å². The second-order valence-corrected chi connectivity index (χ2v) is 11.3. The summed E-state index contributed by atoms with van der Waals surface area (Å²) in [7, 11) is 0. The highest BCUT2D eigenvalue weighted by molar-refractivity contribution is 6.31. The number of rotatable bonds is 7. The molecule has 9 nitrogen and oxygen atoms in total. The van der Waals surface area contributed by atoms with E-state index < -0.39 is 10.7 Å². The van der Waals surface area contributed by atoms with Crippen molar-refractivity contribution in [3.05, 3.63) is 69.5 Å². The highest BCUT2D eigenvalue weighted by Gasteiger charge is 2.59. The standard InChI is InChI=1S/C25H26ClFN6O3/c26-21-2-1-3-22(27)20(21)14-31-12-18(10-28-31)30-23(34)9-24-5-16-4-17(6-24)8-25(7-16,15-24)32-13-19(11-29-32)33(35)36/h1-3,10-13,16-17H,4-9,14-15H2,(H,30,34). The Morgan fingerprint density at radius 2 is 1.97 bits per heavy atom. The largest absolute Gasteiger partial charge is 0.323 e. The lowest BCUT2D eigenvalue weighted by atomic mass is 9.46. The van der Waals surface area contributed by atoms with Gasteiger partial charge in [0, 0.05) is 23.2 Å². The van der Waals surface area contributed by atoms with Crippen LogP contribution in [-0.4, -0.2) is 30.4 Å². The molecule has 3 aromatic rings. The van der Waals surface area contributed by atoms with Crippen LogP contribution in [0.25, 0.3) is 0 Å². The van der Waals surface area contributed by atoms with Crippen LogP contribution in [0.3, 0.4) is 0 Å². The number of benzene rings is 1. The Morgan fingerprint density at radius 3 is 2.67 bits per heavy atom. The van der Waals surface area contributed by atoms with Gasteiger partial charge in [-0.25, -0.2) is 4.39 Å². The Hall–Kier alpha value is -3.27. The van der Waals surface area contributed by atoms with Gasteiger partial charge in [-0.05, 0) is 67.9 Å². The van der Waals surface area contributed by atoms with Gasteiger partial charge in [-0.2, -0.15) is 10.2 Å². The van der Waals surface area contributed by atoms with E-state index in [9.17, 15) is 19.3 Å². The van der Waals surface area contributed by atoms with E-state index in [2.05, 4.69) is 15.5 Å². The predicted molar refractivity (Wildman–Crippen MR) is 130 cm³/mol. The van der Waals surface area contributed by atoms with Gasteiger partial charge in [0.25, 0.3) is 0 Å². The molecule has 4 aliphatic carbocycles. The fourth-order valence-electron chi connectivity index (χ4n) is 7.45. The first-order valence-electron chi connectivity index (χ1n) is 12.2. The third-order valence-electron chi connectivity index (χ3n) is 8.25. The number of carbonyl (C=O) groups is 1. The molecule has 7 rings (SSSR count). The molecule has 2 heterocycles. The third kappa shape index (κ3) is 4.07. The molecular formula is C25H26ClFN6O3. The zero-order valence-electron chi connectivity index (χ0n) is 19.6. The lowest BCUT2D eigenvalue weighted by molar-refractivity contribution is -0.385. The van der Waals surface area contributed by atoms with Crippen LogP contribution in [0.4, 0.5) is 15.8 Å². The number of halogens is 2. The minimum atomic E-state index is -0.409. The number of hydrogen-bond donors (Lipinski definition) is 1. The summed E-state index contributed by atoms with van der Waals surface area (Å²) in [6, 6.07) is 4.54. The Kier molecular flexibility index (Phi) is 5.40. The van der Waals surface area contributed by atoms with E-state index in [1.807, 2.05) is 4.68 Å². The number of amides is 1. The molecular weight excluding hydrogens is 487 g/mol. The second kappa shape index (κ2) is 8.40. The fraction of sp³-hybridized carbons (Fsp3) is 0.480. The van der Waals surface area contributed by atoms with Crippen LogP contribution >= 0.6 is 11.6 Å². The topological polar surface area (TPSA) is 108 Å². The molecule has 1 N–H and O–H groups in total. The summed E-state index contributed by atoms with van der Waals surface area (Å²) in [5.41, 5.74) is 0.493. The fourth-order valence-corrected chi connectivity index (χ4v) is 7.67. The molecule has 188 valence electrons. The lowest BCUT2D eigenvalue weighted by Crippen LogP contribution is -2.57. The number of carbonyl (C=O) groups excluding carboxylic acids is 1. The molecule has 0 spiro atoms. The van der Waals surface area contributed by atoms with Crippen molar-refractivity contribution >= 4 is 28.9 Å². The summed E-state index contributed by atoms with van der Waals surface area (Å²) in [6.07, 6.45) is 12.3. The summed E-state index contributed by atoms with van der Waals surface area (Å²) >= 11 is 6.12. The van der Waals surface area contributed by atoms with E-state index in [-0.39, 0.29) is 29.1 Å². The molecule has 1 aromatic carbocycles. The Labute approximate surface area is 211 Å². The van der Waals surface area contributed by atoms with E-state index >= 15 is 0 Å². The number of aromatic nitrogens is 4. The quantitative estimate of drug-likeness (QED) is 0.348. The summed E-state index contributed by atoms with van der Waals surface area (Å²) in [4.78, 5) is 24.0. The van der Waals surface area contributed by atoms with Crippen molar-refractivity contribution in [2.45, 2.75) is 57.0 Å². The van der Waals surface area contributed by atoms with Crippen LogP contribution in [0.1, 0.15) is 50.5 Å². The Balaban J connectivity index is 1.16. The molecule has 4 aliphatic rings. The first-order valence-corrected chi connectivity index (χ1v) is 12.6. The number of hydrogen-bond acceptors (Lipinski definition) is 5. The van der Waals surface area contributed by atoms with Gasteiger partial charge in [0.2, 0.25) is 5.91 Å². The van der Waals surface area contributed by atoms with Gasteiger partial charge in [-0.15, -0.1) is 0 Å². The van der Waals surface area contributed by atoms with Crippen molar-refractivity contribution in [3.63, 3.8) is 0 Å². The van der Waals surface area contributed by atoms with Gasteiger partial charge in [-0.3, -0.25) is 24.3 Å². The average Bonchev–Trinajstić information content (AvgIpc) is 3.45. The number of nitro groups is 1. The molecule has 11 heteroatoms. The van der Waals surface area contributed by atoms with Gasteiger partial charge in [0.05, 0.1) is 28.9 Å². The van der Waals surface area contributed by atoms with Crippen molar-refractivity contribution < 1.29 is 14.1 Å². The highest BCUT2D eigenvalue weighted by atomic mass is 35.5. The van der Waals surface area contributed by atoms with Crippen LogP contribution in [0.15, 0.2) is 43.0 Å². The first-order chi connectivity index (χ1) is 17.2. The lowest BCUT2D eigenvalue weighted by Gasteiger charge is -2.61. The normalized spacial score (nSPS) is 28.4. The molecule has 4 saturated carbocycles. The molecule has 36 heavy (non-hydrogen) atoms. The van der Waals surface area contributed by atoms with Crippen molar-refractivity contribution in [2.75, 3.05) is 5.32 Å². The molecule has 4 fully saturated rings. The molecule has 2 atom stereocenters. The maximum absolute atomic E-state index is 14.1. The summed E-state index contributed by atoms with van der Waals surface area (Å²) in [5, 5.41) is 23.2. The zero-order chi connectivity index (χ0) is 25.1. The SMILES string of the molecule is O=C(CC12CC3CC(C1)CC(n1cc([N+](=O)[O-])cn1)(C3)C2)Nc1cnn(Cc2c(F)cccc2Cl)c1. The molecule has 0 aliphatic heterocycles. The maximum atomic E-state index is 14.1. The van der Waals surface area contributed by atoms with Gasteiger partial charge < -0.3 is 5.32 Å². The monoisotopic (exact) mass is 512 g/mol. The maximum Gasteiger partial charge on any atom is 0.307 e. The Bertz CT molecular complexity index is 1320. The van der Waals surface area contributed by atoms with Crippen LogP contribution in [0.2, 0.25) is 5.02 Å². The Morgan fingerprint density at radius 1 is 1.19 bits per heavy atom. The highest BCUT2D eigenvalue weighted by Crippen LogP contribution is 2.65. The smallest absolute Gasteiger partial charge is 0.307 e. The minimum absolute atomic E-state index is 0.00576. The van der Waals surface area contributed by atoms with Crippen molar-refractivity contribution in [1.82, 2.24) is 19.6 Å². The summed E-state index contributed by atoms with van der Waals surface area (Å²) in [6.45, 7) is 0.160. The number of nitrogens with zero attached hydrogens (tertiary/aromatic N) is 5. The number of anilines is 1. The summed E-state index contributed by atoms with van der Waals surface area (Å²) < 4.78 is 17.5. The van der Waals surface area contributed by atoms with E-state index in [1.165, 1.54) is 12.3 Å². The van der Waals surface area contributed by atoms with Gasteiger partial charge >= 0.3 is 5.69 Å². The van der Waals surface area contributed by atoms with Crippen LogP contribution in [0.5, 0.6) is 0 Å². The zero-order valence-corrected chi connectivity index (χ0v) is 20.3. The first kappa shape index (κ1) is 23.1. The van der Waals surface area contributed by atoms with Crippen LogP contribution < -0.4 is 5.32 Å². The molecule has 0 radical (unpaired) electrons. The molecule has 2 aromatic heterocycles. The molecule has 0 saturated heterocycles. The van der Waals surface area contributed by atoms with Gasteiger partial charge in [0.15, 0.2) is 0 Å². The minimum Gasteiger partial charge on any atom is -0.323 e. The van der Waals surface area contributed by atoms with E-state index in [1.54, 1.807) is 35.4 Å². The molecule has 4 bridgehead atoms. The predicted octanol–water partition coefficient (Wildman–Crippen LogP) is 5.15. The average molecular weight is 513 g/mol. The van der Waals surface area contributed by atoms with Crippen molar-refractivity contribution in [3.8, 4) is 0 Å². The number of nitrogens with one attached hydrogen (secondary N) is 1. The van der Waals surface area contributed by atoms with Crippen LogP contribution in [0, 0.1) is 33.2 Å². The van der Waals surface area contributed by atoms with Crippen LogP contribution in [-0.2, 0) is 16.9 Å². The van der Waals surface area contributed by atoms with E-state index in [4.69, 9.17) is 11.6 Å². The molecule has 2 unspecified atom stereocenters. The van der Waals surface area contributed by atoms with Gasteiger partial charge in [-0.1, -0.05) is 17.7 Å². The van der Waals surface area contributed by atoms with Crippen molar-refractivity contribution in [1.29, 1.82) is 0 Å².